The molecule has 166 valence electrons. The monoisotopic (exact) mass is 442 g/mol. The van der Waals surface area contributed by atoms with Crippen LogP contribution in [0.1, 0.15) is 15.7 Å². The van der Waals surface area contributed by atoms with E-state index in [-0.39, 0.29) is 64.2 Å². The maximum atomic E-state index is 10.3. The van der Waals surface area contributed by atoms with Crippen molar-refractivity contribution in [3.8, 4) is 0 Å². The van der Waals surface area contributed by atoms with E-state index in [4.69, 9.17) is 37.9 Å². The Morgan fingerprint density at radius 1 is 0.731 bits per heavy atom. The van der Waals surface area contributed by atoms with E-state index in [2.05, 4.69) is 0 Å². The van der Waals surface area contributed by atoms with Crippen LogP contribution in [-0.2, 0) is 24.8 Å². The maximum Gasteiger partial charge on any atom is 2.00 e. The summed E-state index contributed by atoms with van der Waals surface area (Å²) in [5.74, 6) is -5.02. The zero-order valence-electron chi connectivity index (χ0n) is 14.8. The standard InChI is InChI=1S/C6H8O7.Mg.H2O4S.7H2O.2H/c7-3(8)1-6(13,5(11)12)2-4(9)10;;1-5(2,3)4;;;;;;;;;/h13H,1-2H2,(H,7,8)(H,9,10)(H,11,12);;(H2,1,2,3,4);7*1H2;;/q;+2;;;;;;;;;2*-1. The molecule has 0 unspecified atom stereocenters. The smallest absolute Gasteiger partial charge is 1.00 e. The molecule has 20 heteroatoms. The van der Waals surface area contributed by atoms with Crippen molar-refractivity contribution in [1.29, 1.82) is 0 Å². The first-order valence-electron chi connectivity index (χ1n) is 3.87. The van der Waals surface area contributed by atoms with Crippen molar-refractivity contribution in [1.82, 2.24) is 0 Å². The molecule has 0 aliphatic carbocycles. The third-order valence-corrected chi connectivity index (χ3v) is 1.29. The maximum absolute atomic E-state index is 10.3. The van der Waals surface area contributed by atoms with E-state index in [1.54, 1.807) is 0 Å². The Balaban J connectivity index is -0.0000000156. The van der Waals surface area contributed by atoms with Crippen molar-refractivity contribution < 1.29 is 93.5 Å². The number of hydrogen-bond donors (Lipinski definition) is 6. The van der Waals surface area contributed by atoms with E-state index in [1.807, 2.05) is 0 Å². The van der Waals surface area contributed by atoms with Crippen molar-refractivity contribution in [3.63, 3.8) is 0 Å². The summed E-state index contributed by atoms with van der Waals surface area (Å²) in [6.45, 7) is 0. The summed E-state index contributed by atoms with van der Waals surface area (Å²) >= 11 is 0. The van der Waals surface area contributed by atoms with Crippen LogP contribution in [0.3, 0.4) is 0 Å². The number of carbonyl (C=O) groups is 3. The van der Waals surface area contributed by atoms with Gasteiger partial charge < -0.3 is 61.6 Å². The summed E-state index contributed by atoms with van der Waals surface area (Å²) in [6, 6.07) is 0. The van der Waals surface area contributed by atoms with Crippen LogP contribution in [0.2, 0.25) is 0 Å². The Hall–Kier alpha value is -1.27. The van der Waals surface area contributed by atoms with E-state index >= 15 is 0 Å². The van der Waals surface area contributed by atoms with Crippen LogP contribution in [0, 0.1) is 0 Å². The molecule has 0 aliphatic rings. The molecule has 0 atom stereocenters. The van der Waals surface area contributed by atoms with Gasteiger partial charge in [0.15, 0.2) is 5.60 Å². The Kier molecular flexibility index (Phi) is 64.1. The molecular weight excluding hydrogens is 416 g/mol. The van der Waals surface area contributed by atoms with Crippen molar-refractivity contribution in [2.45, 2.75) is 18.4 Å². The average Bonchev–Trinajstić information content (AvgIpc) is 1.95. The topological polar surface area (TPSA) is 427 Å². The van der Waals surface area contributed by atoms with Crippen LogP contribution < -0.4 is 0 Å². The van der Waals surface area contributed by atoms with Crippen LogP contribution in [0.25, 0.3) is 0 Å². The summed E-state index contributed by atoms with van der Waals surface area (Å²) in [5, 5.41) is 33.8. The van der Waals surface area contributed by atoms with Crippen molar-refractivity contribution in [2.24, 2.45) is 0 Å². The van der Waals surface area contributed by atoms with Gasteiger partial charge in [-0.2, -0.15) is 8.42 Å². The van der Waals surface area contributed by atoms with Gasteiger partial charge in [-0.15, -0.1) is 0 Å². The van der Waals surface area contributed by atoms with Crippen molar-refractivity contribution in [2.75, 3.05) is 0 Å². The summed E-state index contributed by atoms with van der Waals surface area (Å²) in [7, 11) is -4.67. The van der Waals surface area contributed by atoms with Gasteiger partial charge in [0.2, 0.25) is 0 Å². The van der Waals surface area contributed by atoms with E-state index in [1.165, 1.54) is 0 Å². The molecular formula is C6H26MgO18S. The van der Waals surface area contributed by atoms with Crippen LogP contribution >= 0.6 is 0 Å². The van der Waals surface area contributed by atoms with Gasteiger partial charge in [0.25, 0.3) is 0 Å². The molecule has 0 aromatic heterocycles. The molecule has 0 amide bonds. The second kappa shape index (κ2) is 26.0. The van der Waals surface area contributed by atoms with E-state index in [0.717, 1.165) is 0 Å². The third-order valence-electron chi connectivity index (χ3n) is 1.29. The predicted octanol–water partition coefficient (Wildman–Crippen LogP) is -7.83. The van der Waals surface area contributed by atoms with E-state index < -0.39 is 46.7 Å². The fourth-order valence-corrected chi connectivity index (χ4v) is 0.714. The molecule has 0 bridgehead atoms. The molecule has 0 aliphatic heterocycles. The number of aliphatic hydroxyl groups is 1. The normalized spacial score (nSPS) is 7.65. The molecule has 0 aromatic carbocycles. The zero-order chi connectivity index (χ0) is 15.1. The van der Waals surface area contributed by atoms with Crippen molar-refractivity contribution >= 4 is 51.4 Å². The minimum absolute atomic E-state index is 0. The number of carboxylic acids is 3. The zero-order valence-corrected chi connectivity index (χ0v) is 15.0. The second-order valence-electron chi connectivity index (χ2n) is 2.93. The Labute approximate surface area is 163 Å². The third kappa shape index (κ3) is 49.5. The van der Waals surface area contributed by atoms with Crippen molar-refractivity contribution in [3.05, 3.63) is 0 Å². The van der Waals surface area contributed by atoms with E-state index in [0.29, 0.717) is 0 Å². The van der Waals surface area contributed by atoms with Gasteiger partial charge in [-0.25, -0.2) is 4.79 Å². The molecule has 26 heavy (non-hydrogen) atoms. The number of hydrogen-bond acceptors (Lipinski definition) is 6. The molecule has 18 nitrogen and oxygen atoms in total. The molecule has 0 radical (unpaired) electrons. The predicted molar refractivity (Wildman–Crippen MR) is 84.5 cm³/mol. The molecule has 0 heterocycles. The van der Waals surface area contributed by atoms with Crippen LogP contribution in [-0.4, -0.2) is 123 Å². The summed E-state index contributed by atoms with van der Waals surface area (Å²) in [5.41, 5.74) is -2.74. The second-order valence-corrected chi connectivity index (χ2v) is 3.82. The molecule has 0 fully saturated rings. The quantitative estimate of drug-likeness (QED) is 0.171. The number of aliphatic carboxylic acids is 3. The number of rotatable bonds is 5. The Morgan fingerprint density at radius 3 is 0.962 bits per heavy atom. The van der Waals surface area contributed by atoms with Crippen LogP contribution in [0.15, 0.2) is 0 Å². The minimum atomic E-state index is -4.67. The number of carboxylic acid groups (broad SMARTS) is 3. The van der Waals surface area contributed by atoms with Gasteiger partial charge in [-0.3, -0.25) is 18.7 Å². The first kappa shape index (κ1) is 64.2. The molecule has 0 spiro atoms. The van der Waals surface area contributed by atoms with Gasteiger partial charge in [-0.05, 0) is 0 Å². The molecule has 0 saturated carbocycles. The van der Waals surface area contributed by atoms with Gasteiger partial charge >= 0.3 is 51.4 Å². The largest absolute Gasteiger partial charge is 2.00 e. The molecule has 0 saturated heterocycles. The van der Waals surface area contributed by atoms with Gasteiger partial charge in [0.1, 0.15) is 0 Å². The average molecular weight is 443 g/mol. The van der Waals surface area contributed by atoms with Gasteiger partial charge in [0.05, 0.1) is 12.8 Å². The fourth-order valence-electron chi connectivity index (χ4n) is 0.714. The Morgan fingerprint density at radius 2 is 0.885 bits per heavy atom. The summed E-state index contributed by atoms with van der Waals surface area (Å²) in [6.07, 6.45) is -2.29. The fraction of sp³-hybridized carbons (Fsp3) is 0.500. The molecule has 20 N–H and O–H groups in total. The first-order valence-corrected chi connectivity index (χ1v) is 5.27. The molecule has 0 rings (SSSR count). The first-order chi connectivity index (χ1) is 7.78. The Bertz CT molecular complexity index is 417. The van der Waals surface area contributed by atoms with Gasteiger partial charge in [0, 0.05) is 0 Å². The summed E-state index contributed by atoms with van der Waals surface area (Å²) < 4.78 is 31.6. The molecule has 0 aromatic rings. The SMILES string of the molecule is O.O.O.O.O.O.O.O=C(O)CC(O)(CC(=O)O)C(=O)O.O=S(=O)(O)O.[H-].[H-].[Mg+2]. The van der Waals surface area contributed by atoms with Crippen LogP contribution in [0.4, 0.5) is 0 Å². The van der Waals surface area contributed by atoms with E-state index in [9.17, 15) is 14.4 Å². The van der Waals surface area contributed by atoms with Gasteiger partial charge in [-0.1, -0.05) is 0 Å². The minimum Gasteiger partial charge on any atom is -1.00 e. The van der Waals surface area contributed by atoms with Crippen LogP contribution in [0.5, 0.6) is 0 Å². The summed E-state index contributed by atoms with van der Waals surface area (Å²) in [4.78, 5) is 30.5.